The lowest BCUT2D eigenvalue weighted by atomic mass is 10.0. The molecule has 2 unspecified atom stereocenters. The molecule has 1 aliphatic rings. The molecule has 0 bridgehead atoms. The first-order chi connectivity index (χ1) is 7.22. The van der Waals surface area contributed by atoms with Crippen LogP contribution < -0.4 is 5.32 Å². The van der Waals surface area contributed by atoms with Crippen LogP contribution in [0.15, 0.2) is 36.1 Å². The molecule has 15 heavy (non-hydrogen) atoms. The fraction of sp³-hybridized carbons (Fsp3) is 0.462. The summed E-state index contributed by atoms with van der Waals surface area (Å²) in [5, 5.41) is 2.66. The Morgan fingerprint density at radius 3 is 2.33 bits per heavy atom. The van der Waals surface area contributed by atoms with E-state index in [1.54, 1.807) is 0 Å². The first-order valence-corrected chi connectivity index (χ1v) is 5.51. The third-order valence-corrected chi connectivity index (χ3v) is 1.97. The van der Waals surface area contributed by atoms with Crippen molar-refractivity contribution < 1.29 is 4.79 Å². The van der Waals surface area contributed by atoms with Gasteiger partial charge in [0.2, 0.25) is 6.41 Å². The number of nitrogens with one attached hydrogen (secondary N) is 1. The highest BCUT2D eigenvalue weighted by atomic mass is 16.1. The van der Waals surface area contributed by atoms with Gasteiger partial charge in [-0.05, 0) is 17.9 Å². The lowest BCUT2D eigenvalue weighted by molar-refractivity contribution is -0.108. The smallest absolute Gasteiger partial charge is 0.211 e. The van der Waals surface area contributed by atoms with E-state index >= 15 is 0 Å². The predicted octanol–water partition coefficient (Wildman–Crippen LogP) is 3.04. The van der Waals surface area contributed by atoms with Crippen molar-refractivity contribution >= 4 is 6.41 Å². The van der Waals surface area contributed by atoms with Crippen molar-refractivity contribution in [3.63, 3.8) is 0 Å². The monoisotopic (exact) mass is 207 g/mol. The molecule has 0 heterocycles. The third-order valence-electron chi connectivity index (χ3n) is 1.97. The average molecular weight is 207 g/mol. The molecule has 84 valence electrons. The molecule has 1 rings (SSSR count). The van der Waals surface area contributed by atoms with E-state index < -0.39 is 0 Å². The zero-order valence-corrected chi connectivity index (χ0v) is 10.0. The molecule has 2 atom stereocenters. The van der Waals surface area contributed by atoms with Crippen molar-refractivity contribution in [3.8, 4) is 0 Å². The molecule has 0 saturated heterocycles. The zero-order valence-electron chi connectivity index (χ0n) is 10.0. The number of amides is 1. The number of rotatable bonds is 2. The van der Waals surface area contributed by atoms with Crippen LogP contribution in [0.25, 0.3) is 0 Å². The fourth-order valence-corrected chi connectivity index (χ4v) is 1.23. The Morgan fingerprint density at radius 1 is 1.13 bits per heavy atom. The molecular formula is C13H21NO. The van der Waals surface area contributed by atoms with Crippen LogP contribution in [0.4, 0.5) is 0 Å². The summed E-state index contributed by atoms with van der Waals surface area (Å²) in [4.78, 5) is 10.3. The van der Waals surface area contributed by atoms with Gasteiger partial charge in [-0.1, -0.05) is 52.0 Å². The molecule has 1 amide bonds. The van der Waals surface area contributed by atoms with Gasteiger partial charge in [-0.2, -0.15) is 0 Å². The van der Waals surface area contributed by atoms with Crippen LogP contribution in [0.5, 0.6) is 0 Å². The van der Waals surface area contributed by atoms with Gasteiger partial charge in [0.15, 0.2) is 0 Å². The molecule has 2 nitrogen and oxygen atoms in total. The molecule has 0 radical (unpaired) electrons. The van der Waals surface area contributed by atoms with Crippen molar-refractivity contribution in [1.29, 1.82) is 0 Å². The normalized spacial score (nSPS) is 31.9. The fourth-order valence-electron chi connectivity index (χ4n) is 1.23. The minimum Gasteiger partial charge on any atom is -0.329 e. The van der Waals surface area contributed by atoms with Crippen LogP contribution >= 0.6 is 0 Å². The lowest BCUT2D eigenvalue weighted by Gasteiger charge is -2.08. The van der Waals surface area contributed by atoms with Crippen molar-refractivity contribution in [3.05, 3.63) is 36.1 Å². The summed E-state index contributed by atoms with van der Waals surface area (Å²) in [6.07, 6.45) is 11.0. The van der Waals surface area contributed by atoms with Gasteiger partial charge >= 0.3 is 0 Å². The largest absolute Gasteiger partial charge is 0.329 e. The van der Waals surface area contributed by atoms with Crippen LogP contribution in [-0.4, -0.2) is 6.41 Å². The Morgan fingerprint density at radius 2 is 1.73 bits per heavy atom. The summed E-state index contributed by atoms with van der Waals surface area (Å²) in [6.45, 7) is 8.21. The van der Waals surface area contributed by atoms with E-state index in [0.29, 0.717) is 18.2 Å². The molecule has 0 aromatic carbocycles. The Bertz CT molecular complexity index is 264. The third kappa shape index (κ3) is 5.89. The standard InChI is InChI=1S/C11H15NO.C2H6/c1-9-3-4-10(2)7-11(6-5-9)12-8-13;1-2/h3-10H,1-2H3,(H,12,13);1-2H3/b4-3-,6-5-,11-7+;. The molecule has 0 aromatic heterocycles. The van der Waals surface area contributed by atoms with Gasteiger partial charge in [0.25, 0.3) is 0 Å². The average Bonchev–Trinajstić information content (AvgIpc) is 2.24. The van der Waals surface area contributed by atoms with E-state index in [0.717, 1.165) is 5.70 Å². The summed E-state index contributed by atoms with van der Waals surface area (Å²) in [6, 6.07) is 0. The number of hydrogen-bond acceptors (Lipinski definition) is 1. The second kappa shape index (κ2) is 8.04. The van der Waals surface area contributed by atoms with E-state index in [2.05, 4.69) is 37.4 Å². The van der Waals surface area contributed by atoms with Gasteiger partial charge in [0.05, 0.1) is 0 Å². The summed E-state index contributed by atoms with van der Waals surface area (Å²) >= 11 is 0. The second-order valence-corrected chi connectivity index (χ2v) is 3.35. The predicted molar refractivity (Wildman–Crippen MR) is 65.2 cm³/mol. The Labute approximate surface area is 92.8 Å². The molecule has 0 fully saturated rings. The Hall–Kier alpha value is -1.31. The van der Waals surface area contributed by atoms with Crippen LogP contribution in [-0.2, 0) is 4.79 Å². The first kappa shape index (κ1) is 13.7. The summed E-state index contributed by atoms with van der Waals surface area (Å²) in [5.41, 5.74) is 0.874. The quantitative estimate of drug-likeness (QED) is 0.547. The molecule has 1 aliphatic carbocycles. The summed E-state index contributed by atoms with van der Waals surface area (Å²) in [7, 11) is 0. The van der Waals surface area contributed by atoms with Crippen LogP contribution in [0, 0.1) is 11.8 Å². The van der Waals surface area contributed by atoms with Crippen LogP contribution in [0.3, 0.4) is 0 Å². The molecular weight excluding hydrogens is 186 g/mol. The van der Waals surface area contributed by atoms with Gasteiger partial charge in [-0.25, -0.2) is 0 Å². The Kier molecular flexibility index (Phi) is 7.33. The van der Waals surface area contributed by atoms with E-state index in [-0.39, 0.29) is 0 Å². The van der Waals surface area contributed by atoms with Gasteiger partial charge in [-0.3, -0.25) is 4.79 Å². The van der Waals surface area contributed by atoms with Crippen molar-refractivity contribution in [2.45, 2.75) is 27.7 Å². The van der Waals surface area contributed by atoms with Gasteiger partial charge in [0, 0.05) is 5.70 Å². The van der Waals surface area contributed by atoms with Crippen LogP contribution in [0.1, 0.15) is 27.7 Å². The summed E-state index contributed by atoms with van der Waals surface area (Å²) in [5.74, 6) is 0.800. The molecule has 2 heteroatoms. The lowest BCUT2D eigenvalue weighted by Crippen LogP contribution is -2.10. The number of allylic oxidation sites excluding steroid dienone is 5. The van der Waals surface area contributed by atoms with Gasteiger partial charge in [-0.15, -0.1) is 0 Å². The van der Waals surface area contributed by atoms with Crippen molar-refractivity contribution in [2.75, 3.05) is 0 Å². The van der Waals surface area contributed by atoms with E-state index in [4.69, 9.17) is 0 Å². The molecule has 0 spiro atoms. The highest BCUT2D eigenvalue weighted by Crippen LogP contribution is 2.11. The van der Waals surface area contributed by atoms with E-state index in [1.165, 1.54) is 0 Å². The maximum atomic E-state index is 10.3. The SMILES string of the molecule is CC.CC1/C=C\C(NC=O)=C/C(C)/C=C\1. The van der Waals surface area contributed by atoms with E-state index in [1.807, 2.05) is 26.0 Å². The highest BCUT2D eigenvalue weighted by Gasteiger charge is 2.00. The maximum Gasteiger partial charge on any atom is 0.211 e. The number of carbonyl (C=O) groups is 1. The Balaban J connectivity index is 0.000000921. The van der Waals surface area contributed by atoms with Gasteiger partial charge in [0.1, 0.15) is 0 Å². The topological polar surface area (TPSA) is 29.1 Å². The molecule has 1 N–H and O–H groups in total. The number of hydrogen-bond donors (Lipinski definition) is 1. The van der Waals surface area contributed by atoms with Crippen LogP contribution in [0.2, 0.25) is 0 Å². The van der Waals surface area contributed by atoms with E-state index in [9.17, 15) is 4.79 Å². The second-order valence-electron chi connectivity index (χ2n) is 3.35. The molecule has 0 aromatic rings. The zero-order chi connectivity index (χ0) is 11.7. The van der Waals surface area contributed by atoms with Crippen molar-refractivity contribution in [2.24, 2.45) is 11.8 Å². The minimum absolute atomic E-state index is 0.370. The molecule has 0 aliphatic heterocycles. The maximum absolute atomic E-state index is 10.3. The minimum atomic E-state index is 0.370. The van der Waals surface area contributed by atoms with Gasteiger partial charge < -0.3 is 5.32 Å². The highest BCUT2D eigenvalue weighted by molar-refractivity contribution is 5.52. The molecule has 0 saturated carbocycles. The van der Waals surface area contributed by atoms with Crippen molar-refractivity contribution in [1.82, 2.24) is 5.32 Å². The summed E-state index contributed by atoms with van der Waals surface area (Å²) < 4.78 is 0. The first-order valence-electron chi connectivity index (χ1n) is 5.51. The number of carbonyl (C=O) groups excluding carboxylic acids is 1.